The molecule has 0 heterocycles. The Labute approximate surface area is 387 Å². The molecule has 0 radical (unpaired) electrons. The molecule has 2 atom stereocenters. The molecule has 0 aromatic rings. The molecule has 0 saturated heterocycles. The maximum atomic E-state index is 12.7. The Bertz CT molecular complexity index is 1260. The molecule has 0 bridgehead atoms. The van der Waals surface area contributed by atoms with Crippen molar-refractivity contribution < 1.29 is 38.2 Å². The molecule has 0 aliphatic heterocycles. The molecule has 362 valence electrons. The molecule has 0 aromatic heterocycles. The first-order valence-corrected chi connectivity index (χ1v) is 25.5. The number of aliphatic carboxylic acids is 1. The van der Waals surface area contributed by atoms with Gasteiger partial charge in [0.2, 0.25) is 0 Å². The lowest BCUT2D eigenvalue weighted by atomic mass is 10.0. The zero-order valence-electron chi connectivity index (χ0n) is 41.2. The molecule has 63 heavy (non-hydrogen) atoms. The average molecular weight is 882 g/mol. The van der Waals surface area contributed by atoms with Crippen LogP contribution in [0.4, 0.5) is 0 Å². The van der Waals surface area contributed by atoms with E-state index in [2.05, 4.69) is 74.6 Å². The number of allylic oxidation sites excluding steroid dienone is 12. The molecule has 0 saturated carbocycles. The van der Waals surface area contributed by atoms with Crippen LogP contribution in [0, 0.1) is 0 Å². The number of esters is 2. The van der Waals surface area contributed by atoms with Crippen molar-refractivity contribution in [2.45, 2.75) is 219 Å². The van der Waals surface area contributed by atoms with E-state index in [0.29, 0.717) is 12.8 Å². The Kier molecular flexibility index (Phi) is 43.0. The summed E-state index contributed by atoms with van der Waals surface area (Å²) in [7, 11) is 5.39. The molecule has 2 unspecified atom stereocenters. The Hall–Kier alpha value is -3.23. The van der Waals surface area contributed by atoms with Crippen molar-refractivity contribution in [3.63, 3.8) is 0 Å². The van der Waals surface area contributed by atoms with E-state index >= 15 is 0 Å². The number of quaternary nitrogens is 1. The van der Waals surface area contributed by atoms with Gasteiger partial charge in [0.05, 0.1) is 40.3 Å². The van der Waals surface area contributed by atoms with Gasteiger partial charge in [0.15, 0.2) is 6.10 Å². The van der Waals surface area contributed by atoms with Gasteiger partial charge < -0.3 is 28.6 Å². The molecule has 0 spiro atoms. The summed E-state index contributed by atoms with van der Waals surface area (Å²) in [5.41, 5.74) is 0. The number of unbranched alkanes of at least 4 members (excludes halogenated alkanes) is 19. The van der Waals surface area contributed by atoms with E-state index in [4.69, 9.17) is 14.2 Å². The standard InChI is InChI=1S/C55H95NO7/c1-6-8-10-12-14-16-18-20-22-24-26-28-29-31-33-35-37-39-41-43-45-53(57)62-50-51(49-61-48-47-52(55(59)60)56(3,4)5)63-54(58)46-44-42-40-38-36-34-32-30-27-25-23-21-19-17-15-13-11-9-7-2/h9,11,15,17,21,23,27,30,34,36,40,42,51-52H,6-8,10,12-14,16,18-20,22,24-26,28-29,31-33,35,37-39,41,43-50H2,1-5H3/b11-9-,17-15-,23-21-,30-27-,36-34-,42-40-. The van der Waals surface area contributed by atoms with Crippen molar-refractivity contribution in [1.29, 1.82) is 0 Å². The van der Waals surface area contributed by atoms with Crippen LogP contribution in [0.15, 0.2) is 72.9 Å². The third-order valence-electron chi connectivity index (χ3n) is 11.1. The monoisotopic (exact) mass is 882 g/mol. The average Bonchev–Trinajstić information content (AvgIpc) is 3.24. The second kappa shape index (κ2) is 45.3. The summed E-state index contributed by atoms with van der Waals surface area (Å²) in [6.07, 6.45) is 58.1. The maximum Gasteiger partial charge on any atom is 0.306 e. The fourth-order valence-electron chi connectivity index (χ4n) is 7.22. The zero-order chi connectivity index (χ0) is 46.3. The molecule has 0 amide bonds. The summed E-state index contributed by atoms with van der Waals surface area (Å²) in [5.74, 6) is -1.84. The van der Waals surface area contributed by atoms with Gasteiger partial charge in [-0.25, -0.2) is 0 Å². The number of ether oxygens (including phenoxy) is 3. The molecule has 0 aromatic carbocycles. The topological polar surface area (TPSA) is 102 Å². The van der Waals surface area contributed by atoms with E-state index in [1.807, 2.05) is 12.2 Å². The zero-order valence-corrected chi connectivity index (χ0v) is 41.2. The van der Waals surface area contributed by atoms with Crippen LogP contribution in [-0.2, 0) is 28.6 Å². The fourth-order valence-corrected chi connectivity index (χ4v) is 7.22. The van der Waals surface area contributed by atoms with E-state index < -0.39 is 24.1 Å². The summed E-state index contributed by atoms with van der Waals surface area (Å²) in [6, 6.07) is -0.741. The molecule has 8 nitrogen and oxygen atoms in total. The third kappa shape index (κ3) is 43.8. The van der Waals surface area contributed by atoms with Gasteiger partial charge in [0.1, 0.15) is 12.6 Å². The van der Waals surface area contributed by atoms with Crippen molar-refractivity contribution >= 4 is 17.9 Å². The molecular formula is C55H95NO7. The van der Waals surface area contributed by atoms with E-state index in [-0.39, 0.29) is 43.1 Å². The van der Waals surface area contributed by atoms with E-state index in [1.54, 1.807) is 21.1 Å². The summed E-state index contributed by atoms with van der Waals surface area (Å²) in [6.45, 7) is 4.49. The lowest BCUT2D eigenvalue weighted by molar-refractivity contribution is -0.889. The van der Waals surface area contributed by atoms with Crippen molar-refractivity contribution in [2.24, 2.45) is 0 Å². The number of likely N-dealkylation sites (N-methyl/N-ethyl adjacent to an activating group) is 1. The quantitative estimate of drug-likeness (QED) is 0.0260. The minimum atomic E-state index is -1.14. The molecule has 0 aliphatic rings. The fraction of sp³-hybridized carbons (Fsp3) is 0.727. The van der Waals surface area contributed by atoms with Gasteiger partial charge in [0.25, 0.3) is 0 Å². The van der Waals surface area contributed by atoms with Gasteiger partial charge in [-0.15, -0.1) is 0 Å². The van der Waals surface area contributed by atoms with Crippen molar-refractivity contribution in [3.8, 4) is 0 Å². The minimum absolute atomic E-state index is 0.00908. The summed E-state index contributed by atoms with van der Waals surface area (Å²) in [4.78, 5) is 37.0. The normalized spacial score (nSPS) is 13.5. The van der Waals surface area contributed by atoms with Gasteiger partial charge in [-0.1, -0.05) is 209 Å². The number of carboxylic acids is 1. The van der Waals surface area contributed by atoms with Gasteiger partial charge in [-0.2, -0.15) is 0 Å². The SMILES string of the molecule is CC/C=C\C/C=C\C/C=C\C/C=C\C/C=C\C/C=C\CCC(=O)OC(COCCC(C(=O)[O-])[N+](C)(C)C)COC(=O)CCCCCCCCCCCCCCCCCCCCCC. The smallest absolute Gasteiger partial charge is 0.306 e. The summed E-state index contributed by atoms with van der Waals surface area (Å²) >= 11 is 0. The highest BCUT2D eigenvalue weighted by atomic mass is 16.6. The molecule has 0 aliphatic carbocycles. The van der Waals surface area contributed by atoms with Crippen LogP contribution in [0.25, 0.3) is 0 Å². The predicted molar refractivity (Wildman–Crippen MR) is 263 cm³/mol. The number of carboxylic acid groups (broad SMARTS) is 1. The molecule has 0 N–H and O–H groups in total. The molecule has 8 heteroatoms. The van der Waals surface area contributed by atoms with Gasteiger partial charge >= 0.3 is 11.9 Å². The first-order chi connectivity index (χ1) is 30.6. The van der Waals surface area contributed by atoms with E-state index in [1.165, 1.54) is 109 Å². The molecular weight excluding hydrogens is 787 g/mol. The van der Waals surface area contributed by atoms with Crippen LogP contribution in [0.3, 0.4) is 0 Å². The summed E-state index contributed by atoms with van der Waals surface area (Å²) < 4.78 is 17.1. The van der Waals surface area contributed by atoms with Gasteiger partial charge in [0, 0.05) is 19.3 Å². The molecule has 0 rings (SSSR count). The van der Waals surface area contributed by atoms with Crippen LogP contribution in [0.1, 0.15) is 206 Å². The molecule has 0 fully saturated rings. The lowest BCUT2D eigenvalue weighted by Crippen LogP contribution is -2.55. The Morgan fingerprint density at radius 1 is 0.492 bits per heavy atom. The number of rotatable bonds is 45. The number of carbonyl (C=O) groups is 3. The highest BCUT2D eigenvalue weighted by molar-refractivity contribution is 5.70. The minimum Gasteiger partial charge on any atom is -0.544 e. The first-order valence-electron chi connectivity index (χ1n) is 25.5. The van der Waals surface area contributed by atoms with Gasteiger partial charge in [-0.05, 0) is 51.4 Å². The van der Waals surface area contributed by atoms with Crippen LogP contribution in [0.5, 0.6) is 0 Å². The predicted octanol–water partition coefficient (Wildman–Crippen LogP) is 13.4. The van der Waals surface area contributed by atoms with Gasteiger partial charge in [-0.3, -0.25) is 9.59 Å². The van der Waals surface area contributed by atoms with Crippen molar-refractivity contribution in [2.75, 3.05) is 41.0 Å². The first kappa shape index (κ1) is 59.8. The van der Waals surface area contributed by atoms with Crippen LogP contribution >= 0.6 is 0 Å². The largest absolute Gasteiger partial charge is 0.544 e. The van der Waals surface area contributed by atoms with Crippen molar-refractivity contribution in [3.05, 3.63) is 72.9 Å². The third-order valence-corrected chi connectivity index (χ3v) is 11.1. The lowest BCUT2D eigenvalue weighted by Gasteiger charge is -2.34. The number of hydrogen-bond donors (Lipinski definition) is 0. The second-order valence-corrected chi connectivity index (χ2v) is 18.0. The number of hydrogen-bond acceptors (Lipinski definition) is 7. The Balaban J connectivity index is 4.35. The Morgan fingerprint density at radius 2 is 0.889 bits per heavy atom. The number of carbonyl (C=O) groups excluding carboxylic acids is 3. The highest BCUT2D eigenvalue weighted by Crippen LogP contribution is 2.16. The van der Waals surface area contributed by atoms with Crippen LogP contribution in [0.2, 0.25) is 0 Å². The van der Waals surface area contributed by atoms with Crippen LogP contribution in [-0.4, -0.2) is 75.5 Å². The maximum absolute atomic E-state index is 12.7. The van der Waals surface area contributed by atoms with E-state index in [0.717, 1.165) is 57.8 Å². The van der Waals surface area contributed by atoms with E-state index in [9.17, 15) is 19.5 Å². The second-order valence-electron chi connectivity index (χ2n) is 18.0. The van der Waals surface area contributed by atoms with Crippen molar-refractivity contribution in [1.82, 2.24) is 0 Å². The highest BCUT2D eigenvalue weighted by Gasteiger charge is 2.25. The summed E-state index contributed by atoms with van der Waals surface area (Å²) in [5, 5.41) is 11.7. The van der Waals surface area contributed by atoms with Crippen LogP contribution < -0.4 is 5.11 Å². The number of nitrogens with zero attached hydrogens (tertiary/aromatic N) is 1. The Morgan fingerprint density at radius 3 is 1.29 bits per heavy atom.